The lowest BCUT2D eigenvalue weighted by molar-refractivity contribution is 0.0657. The van der Waals surface area contributed by atoms with Crippen molar-refractivity contribution in [2.75, 3.05) is 0 Å². The normalized spacial score (nSPS) is 25.6. The summed E-state index contributed by atoms with van der Waals surface area (Å²) in [7, 11) is 0. The predicted octanol–water partition coefficient (Wildman–Crippen LogP) is 2.97. The first-order chi connectivity index (χ1) is 7.58. The second kappa shape index (κ2) is 4.28. The zero-order chi connectivity index (χ0) is 11.7. The second-order valence-electron chi connectivity index (χ2n) is 4.74. The number of carboxylic acids is 1. The van der Waals surface area contributed by atoms with Crippen LogP contribution in [0.15, 0.2) is 4.42 Å². The summed E-state index contributed by atoms with van der Waals surface area (Å²) in [6, 6.07) is 0. The highest BCUT2D eigenvalue weighted by Crippen LogP contribution is 2.36. The number of hydrogen-bond acceptors (Lipinski definition) is 3. The SMILES string of the molecule is Cc1nc([C@@H]2CCC[C@@H](C)C2)oc1C(=O)O. The molecule has 0 saturated heterocycles. The Kier molecular flexibility index (Phi) is 2.99. The summed E-state index contributed by atoms with van der Waals surface area (Å²) in [6.45, 7) is 3.91. The Bertz CT molecular complexity index is 397. The minimum Gasteiger partial charge on any atom is -0.475 e. The van der Waals surface area contributed by atoms with Crippen molar-refractivity contribution in [2.24, 2.45) is 5.92 Å². The maximum absolute atomic E-state index is 10.8. The monoisotopic (exact) mass is 223 g/mol. The molecule has 1 aromatic rings. The molecule has 2 rings (SSSR count). The number of aromatic nitrogens is 1. The Labute approximate surface area is 94.7 Å². The second-order valence-corrected chi connectivity index (χ2v) is 4.74. The molecule has 1 aliphatic carbocycles. The average Bonchev–Trinajstić information content (AvgIpc) is 2.60. The fourth-order valence-electron chi connectivity index (χ4n) is 2.45. The number of aromatic carboxylic acids is 1. The van der Waals surface area contributed by atoms with Gasteiger partial charge in [0.15, 0.2) is 5.89 Å². The van der Waals surface area contributed by atoms with Crippen LogP contribution in [0.2, 0.25) is 0 Å². The summed E-state index contributed by atoms with van der Waals surface area (Å²) >= 11 is 0. The molecule has 0 aliphatic heterocycles. The Balaban J connectivity index is 2.20. The highest BCUT2D eigenvalue weighted by atomic mass is 16.4. The van der Waals surface area contributed by atoms with Crippen LogP contribution >= 0.6 is 0 Å². The van der Waals surface area contributed by atoms with Crippen molar-refractivity contribution in [2.45, 2.75) is 45.4 Å². The molecule has 0 aromatic carbocycles. The lowest BCUT2D eigenvalue weighted by Gasteiger charge is -2.24. The van der Waals surface area contributed by atoms with E-state index >= 15 is 0 Å². The van der Waals surface area contributed by atoms with Gasteiger partial charge in [-0.2, -0.15) is 0 Å². The highest BCUT2D eigenvalue weighted by Gasteiger charge is 2.26. The third kappa shape index (κ3) is 2.10. The third-order valence-electron chi connectivity index (χ3n) is 3.29. The molecule has 0 radical (unpaired) electrons. The van der Waals surface area contributed by atoms with Crippen molar-refractivity contribution in [1.82, 2.24) is 4.98 Å². The Morgan fingerprint density at radius 2 is 2.25 bits per heavy atom. The average molecular weight is 223 g/mol. The van der Waals surface area contributed by atoms with Gasteiger partial charge in [0.1, 0.15) is 0 Å². The van der Waals surface area contributed by atoms with Crippen molar-refractivity contribution in [1.29, 1.82) is 0 Å². The summed E-state index contributed by atoms with van der Waals surface area (Å²) in [5.41, 5.74) is 0.487. The molecule has 0 amide bonds. The molecule has 1 fully saturated rings. The van der Waals surface area contributed by atoms with E-state index in [9.17, 15) is 4.79 Å². The lowest BCUT2D eigenvalue weighted by Crippen LogP contribution is -2.11. The summed E-state index contributed by atoms with van der Waals surface area (Å²) in [5.74, 6) is 0.560. The molecule has 1 saturated carbocycles. The molecule has 16 heavy (non-hydrogen) atoms. The van der Waals surface area contributed by atoms with Gasteiger partial charge in [0.05, 0.1) is 5.69 Å². The fourth-order valence-corrected chi connectivity index (χ4v) is 2.45. The zero-order valence-corrected chi connectivity index (χ0v) is 9.69. The van der Waals surface area contributed by atoms with E-state index in [1.807, 2.05) is 0 Å². The lowest BCUT2D eigenvalue weighted by atomic mass is 9.82. The van der Waals surface area contributed by atoms with Gasteiger partial charge in [-0.15, -0.1) is 0 Å². The molecule has 0 bridgehead atoms. The molecular formula is C12H17NO3. The van der Waals surface area contributed by atoms with Gasteiger partial charge in [0, 0.05) is 5.92 Å². The molecule has 1 heterocycles. The minimum absolute atomic E-state index is 0.00627. The first-order valence-electron chi connectivity index (χ1n) is 5.78. The van der Waals surface area contributed by atoms with Crippen LogP contribution in [0.3, 0.4) is 0 Å². The Hall–Kier alpha value is -1.32. The van der Waals surface area contributed by atoms with Gasteiger partial charge < -0.3 is 9.52 Å². The zero-order valence-electron chi connectivity index (χ0n) is 9.69. The van der Waals surface area contributed by atoms with Crippen LogP contribution in [0.25, 0.3) is 0 Å². The van der Waals surface area contributed by atoms with E-state index in [4.69, 9.17) is 9.52 Å². The van der Waals surface area contributed by atoms with E-state index in [1.54, 1.807) is 6.92 Å². The van der Waals surface area contributed by atoms with E-state index in [0.717, 1.165) is 12.8 Å². The van der Waals surface area contributed by atoms with Crippen LogP contribution in [0, 0.1) is 12.8 Å². The first kappa shape index (κ1) is 11.2. The molecule has 4 nitrogen and oxygen atoms in total. The van der Waals surface area contributed by atoms with Gasteiger partial charge in [-0.1, -0.05) is 19.8 Å². The first-order valence-corrected chi connectivity index (χ1v) is 5.78. The molecule has 4 heteroatoms. The predicted molar refractivity (Wildman–Crippen MR) is 58.6 cm³/mol. The number of nitrogens with zero attached hydrogens (tertiary/aromatic N) is 1. The van der Waals surface area contributed by atoms with Gasteiger partial charge in [0.2, 0.25) is 5.76 Å². The summed E-state index contributed by atoms with van der Waals surface area (Å²) in [4.78, 5) is 15.1. The Morgan fingerprint density at radius 1 is 1.50 bits per heavy atom. The van der Waals surface area contributed by atoms with Crippen molar-refractivity contribution in [3.8, 4) is 0 Å². The third-order valence-corrected chi connectivity index (χ3v) is 3.29. The van der Waals surface area contributed by atoms with Crippen LogP contribution in [-0.2, 0) is 0 Å². The fraction of sp³-hybridized carbons (Fsp3) is 0.667. The van der Waals surface area contributed by atoms with Crippen molar-refractivity contribution < 1.29 is 14.3 Å². The van der Waals surface area contributed by atoms with Gasteiger partial charge in [0.25, 0.3) is 0 Å². The standard InChI is InChI=1S/C12H17NO3/c1-7-4-3-5-9(6-7)11-13-8(2)10(16-11)12(14)15/h7,9H,3-6H2,1-2H3,(H,14,15)/t7-,9-/m1/s1. The number of hydrogen-bond donors (Lipinski definition) is 1. The maximum Gasteiger partial charge on any atom is 0.373 e. The molecule has 0 spiro atoms. The van der Waals surface area contributed by atoms with Crippen LogP contribution in [0.5, 0.6) is 0 Å². The molecule has 1 N–H and O–H groups in total. The Morgan fingerprint density at radius 3 is 2.81 bits per heavy atom. The molecule has 1 aromatic heterocycles. The van der Waals surface area contributed by atoms with Gasteiger partial charge in [-0.05, 0) is 25.7 Å². The summed E-state index contributed by atoms with van der Waals surface area (Å²) in [6.07, 6.45) is 4.54. The number of carboxylic acid groups (broad SMARTS) is 1. The maximum atomic E-state index is 10.8. The molecule has 2 atom stereocenters. The molecular weight excluding hydrogens is 206 g/mol. The molecule has 1 aliphatic rings. The molecule has 0 unspecified atom stereocenters. The smallest absolute Gasteiger partial charge is 0.373 e. The minimum atomic E-state index is -1.03. The molecule has 88 valence electrons. The van der Waals surface area contributed by atoms with Crippen LogP contribution < -0.4 is 0 Å². The van der Waals surface area contributed by atoms with Crippen molar-refractivity contribution in [3.05, 3.63) is 17.3 Å². The van der Waals surface area contributed by atoms with Crippen LogP contribution in [0.4, 0.5) is 0 Å². The largest absolute Gasteiger partial charge is 0.475 e. The quantitative estimate of drug-likeness (QED) is 0.837. The number of carbonyl (C=O) groups is 1. The van der Waals surface area contributed by atoms with Gasteiger partial charge in [-0.25, -0.2) is 9.78 Å². The summed E-state index contributed by atoms with van der Waals surface area (Å²) < 4.78 is 5.35. The van der Waals surface area contributed by atoms with Crippen LogP contribution in [-0.4, -0.2) is 16.1 Å². The van der Waals surface area contributed by atoms with E-state index in [-0.39, 0.29) is 5.76 Å². The van der Waals surface area contributed by atoms with E-state index in [0.29, 0.717) is 23.4 Å². The number of aryl methyl sites for hydroxylation is 1. The van der Waals surface area contributed by atoms with Crippen molar-refractivity contribution >= 4 is 5.97 Å². The van der Waals surface area contributed by atoms with Crippen LogP contribution in [0.1, 0.15) is 60.7 Å². The van der Waals surface area contributed by atoms with Crippen molar-refractivity contribution in [3.63, 3.8) is 0 Å². The number of rotatable bonds is 2. The topological polar surface area (TPSA) is 63.3 Å². The van der Waals surface area contributed by atoms with E-state index in [2.05, 4.69) is 11.9 Å². The highest BCUT2D eigenvalue weighted by molar-refractivity contribution is 5.85. The summed E-state index contributed by atoms with van der Waals surface area (Å²) in [5, 5.41) is 8.90. The van der Waals surface area contributed by atoms with Gasteiger partial charge in [-0.3, -0.25) is 0 Å². The van der Waals surface area contributed by atoms with E-state index < -0.39 is 5.97 Å². The van der Waals surface area contributed by atoms with Gasteiger partial charge >= 0.3 is 5.97 Å². The number of oxazole rings is 1. The van der Waals surface area contributed by atoms with E-state index in [1.165, 1.54) is 12.8 Å².